The number of carbonyl (C=O) groups is 2. The van der Waals surface area contributed by atoms with Crippen LogP contribution in [0, 0.1) is 5.92 Å². The minimum absolute atomic E-state index is 0.0145. The quantitative estimate of drug-likeness (QED) is 0.703. The Hall–Kier alpha value is -1.40. The summed E-state index contributed by atoms with van der Waals surface area (Å²) < 4.78 is 6.69. The van der Waals surface area contributed by atoms with Gasteiger partial charge in [0.15, 0.2) is 0 Å². The zero-order chi connectivity index (χ0) is 18.5. The first-order valence-electron chi connectivity index (χ1n) is 9.55. The summed E-state index contributed by atoms with van der Waals surface area (Å²) in [4.78, 5) is 29.3. The maximum Gasteiger partial charge on any atom is 0.228 e. The Morgan fingerprint density at radius 3 is 2.85 bits per heavy atom. The number of nitrogens with zero attached hydrogens (tertiary/aromatic N) is 2. The summed E-state index contributed by atoms with van der Waals surface area (Å²) in [5.41, 5.74) is 0.838. The van der Waals surface area contributed by atoms with Crippen molar-refractivity contribution in [1.29, 1.82) is 0 Å². The Morgan fingerprint density at radius 2 is 2.15 bits per heavy atom. The third-order valence-corrected chi connectivity index (χ3v) is 5.79. The molecule has 2 aliphatic heterocycles. The molecule has 5 nitrogen and oxygen atoms in total. The van der Waals surface area contributed by atoms with Crippen molar-refractivity contribution in [3.8, 4) is 0 Å². The maximum atomic E-state index is 13.1. The predicted octanol–water partition coefficient (Wildman–Crippen LogP) is 3.61. The Bertz CT molecular complexity index is 646. The number of benzene rings is 1. The van der Waals surface area contributed by atoms with E-state index in [1.807, 2.05) is 29.2 Å². The summed E-state index contributed by atoms with van der Waals surface area (Å²) in [6.45, 7) is 4.68. The van der Waals surface area contributed by atoms with Crippen LogP contribution in [0.2, 0.25) is 0 Å². The number of ether oxygens (including phenoxy) is 1. The minimum Gasteiger partial charge on any atom is -0.376 e. The fourth-order valence-corrected chi connectivity index (χ4v) is 4.29. The molecule has 2 atom stereocenters. The highest BCUT2D eigenvalue weighted by Gasteiger charge is 2.38. The lowest BCUT2D eigenvalue weighted by Crippen LogP contribution is -2.43. The second kappa shape index (κ2) is 9.00. The fraction of sp³-hybridized carbons (Fsp3) is 0.600. The van der Waals surface area contributed by atoms with Gasteiger partial charge in [0.2, 0.25) is 11.8 Å². The van der Waals surface area contributed by atoms with Crippen LogP contribution in [0.25, 0.3) is 0 Å². The number of para-hydroxylation sites is 1. The molecule has 1 aromatic carbocycles. The van der Waals surface area contributed by atoms with Crippen molar-refractivity contribution in [3.63, 3.8) is 0 Å². The van der Waals surface area contributed by atoms with Gasteiger partial charge in [-0.1, -0.05) is 19.1 Å². The molecule has 2 unspecified atom stereocenters. The molecule has 1 aromatic rings. The highest BCUT2D eigenvalue weighted by molar-refractivity contribution is 9.10. The summed E-state index contributed by atoms with van der Waals surface area (Å²) in [5, 5.41) is 0. The van der Waals surface area contributed by atoms with Crippen LogP contribution >= 0.6 is 15.9 Å². The van der Waals surface area contributed by atoms with E-state index in [1.54, 1.807) is 4.90 Å². The standard InChI is InChI=1S/C20H27BrN2O3/c1-2-10-22(14-16-7-5-6-11-26-16)20(25)15-12-19(24)23(13-15)18-9-4-3-8-17(18)21/h3-4,8-9,15-16H,2,5-7,10-14H2,1H3. The van der Waals surface area contributed by atoms with Crippen LogP contribution in [0.3, 0.4) is 0 Å². The predicted molar refractivity (Wildman–Crippen MR) is 105 cm³/mol. The van der Waals surface area contributed by atoms with E-state index in [9.17, 15) is 9.59 Å². The first-order chi connectivity index (χ1) is 12.6. The molecule has 3 rings (SSSR count). The highest BCUT2D eigenvalue weighted by atomic mass is 79.9. The summed E-state index contributed by atoms with van der Waals surface area (Å²) in [6, 6.07) is 7.66. The van der Waals surface area contributed by atoms with Gasteiger partial charge in [-0.05, 0) is 53.7 Å². The van der Waals surface area contributed by atoms with Gasteiger partial charge < -0.3 is 14.5 Å². The van der Waals surface area contributed by atoms with E-state index in [1.165, 1.54) is 0 Å². The van der Waals surface area contributed by atoms with Gasteiger partial charge in [-0.2, -0.15) is 0 Å². The summed E-state index contributed by atoms with van der Waals surface area (Å²) in [5.74, 6) is -0.172. The SMILES string of the molecule is CCCN(CC1CCCCO1)C(=O)C1CC(=O)N(c2ccccc2Br)C1. The summed E-state index contributed by atoms with van der Waals surface area (Å²) in [6.07, 6.45) is 4.61. The molecule has 2 fully saturated rings. The van der Waals surface area contributed by atoms with E-state index in [4.69, 9.17) is 4.74 Å². The van der Waals surface area contributed by atoms with Gasteiger partial charge in [-0.25, -0.2) is 0 Å². The Kier molecular flexibility index (Phi) is 6.70. The normalized spacial score (nSPS) is 23.3. The van der Waals surface area contributed by atoms with E-state index in [0.29, 0.717) is 13.1 Å². The molecule has 0 aromatic heterocycles. The Labute approximate surface area is 163 Å². The van der Waals surface area contributed by atoms with E-state index >= 15 is 0 Å². The van der Waals surface area contributed by atoms with E-state index < -0.39 is 0 Å². The summed E-state index contributed by atoms with van der Waals surface area (Å²) >= 11 is 3.50. The molecule has 0 aliphatic carbocycles. The van der Waals surface area contributed by atoms with Crippen LogP contribution < -0.4 is 4.90 Å². The van der Waals surface area contributed by atoms with Crippen molar-refractivity contribution in [2.45, 2.75) is 45.1 Å². The van der Waals surface area contributed by atoms with Crippen molar-refractivity contribution in [3.05, 3.63) is 28.7 Å². The van der Waals surface area contributed by atoms with E-state index in [0.717, 1.165) is 49.0 Å². The molecule has 0 N–H and O–H groups in total. The Balaban J connectivity index is 1.67. The van der Waals surface area contributed by atoms with Crippen molar-refractivity contribution >= 4 is 33.4 Å². The van der Waals surface area contributed by atoms with Crippen LogP contribution in [-0.2, 0) is 14.3 Å². The zero-order valence-corrected chi connectivity index (χ0v) is 16.9. The number of carbonyl (C=O) groups excluding carboxylic acids is 2. The molecule has 0 spiro atoms. The topological polar surface area (TPSA) is 49.9 Å². The lowest BCUT2D eigenvalue weighted by molar-refractivity contribution is -0.138. The lowest BCUT2D eigenvalue weighted by Gasteiger charge is -2.31. The lowest BCUT2D eigenvalue weighted by atomic mass is 10.0. The smallest absolute Gasteiger partial charge is 0.228 e. The molecule has 142 valence electrons. The number of hydrogen-bond donors (Lipinski definition) is 0. The van der Waals surface area contributed by atoms with Gasteiger partial charge >= 0.3 is 0 Å². The number of rotatable bonds is 6. The van der Waals surface area contributed by atoms with Crippen LogP contribution in [0.5, 0.6) is 0 Å². The van der Waals surface area contributed by atoms with Gasteiger partial charge in [0.05, 0.1) is 17.7 Å². The van der Waals surface area contributed by atoms with Crippen molar-refractivity contribution in [1.82, 2.24) is 4.90 Å². The largest absolute Gasteiger partial charge is 0.376 e. The third kappa shape index (κ3) is 4.46. The number of hydrogen-bond acceptors (Lipinski definition) is 3. The van der Waals surface area contributed by atoms with E-state index in [2.05, 4.69) is 22.9 Å². The molecule has 0 bridgehead atoms. The molecule has 0 radical (unpaired) electrons. The Morgan fingerprint density at radius 1 is 1.35 bits per heavy atom. The van der Waals surface area contributed by atoms with Crippen molar-refractivity contribution < 1.29 is 14.3 Å². The third-order valence-electron chi connectivity index (χ3n) is 5.12. The van der Waals surface area contributed by atoms with Crippen molar-refractivity contribution in [2.75, 3.05) is 31.1 Å². The van der Waals surface area contributed by atoms with Gasteiger partial charge in [0, 0.05) is 37.1 Å². The molecular weight excluding hydrogens is 396 g/mol. The van der Waals surface area contributed by atoms with Crippen LogP contribution in [0.1, 0.15) is 39.0 Å². The van der Waals surface area contributed by atoms with Crippen molar-refractivity contribution in [2.24, 2.45) is 5.92 Å². The number of amides is 2. The molecule has 2 heterocycles. The van der Waals surface area contributed by atoms with Gasteiger partial charge in [-0.15, -0.1) is 0 Å². The fourth-order valence-electron chi connectivity index (χ4n) is 3.79. The van der Waals surface area contributed by atoms with Crippen LogP contribution in [0.4, 0.5) is 5.69 Å². The number of halogens is 1. The van der Waals surface area contributed by atoms with E-state index in [-0.39, 0.29) is 30.3 Å². The van der Waals surface area contributed by atoms with Crippen LogP contribution in [0.15, 0.2) is 28.7 Å². The molecule has 6 heteroatoms. The molecule has 2 aliphatic rings. The second-order valence-corrected chi connectivity index (χ2v) is 7.98. The van der Waals surface area contributed by atoms with Gasteiger partial charge in [-0.3, -0.25) is 9.59 Å². The highest BCUT2D eigenvalue weighted by Crippen LogP contribution is 2.32. The molecule has 2 amide bonds. The average molecular weight is 423 g/mol. The monoisotopic (exact) mass is 422 g/mol. The molecule has 0 saturated carbocycles. The maximum absolute atomic E-state index is 13.1. The van der Waals surface area contributed by atoms with Gasteiger partial charge in [0.1, 0.15) is 0 Å². The van der Waals surface area contributed by atoms with Gasteiger partial charge in [0.25, 0.3) is 0 Å². The van der Waals surface area contributed by atoms with Crippen LogP contribution in [-0.4, -0.2) is 49.1 Å². The zero-order valence-electron chi connectivity index (χ0n) is 15.3. The molecule has 26 heavy (non-hydrogen) atoms. The summed E-state index contributed by atoms with van der Waals surface area (Å²) in [7, 11) is 0. The average Bonchev–Trinajstić information content (AvgIpc) is 3.03. The molecular formula is C20H27BrN2O3. The first kappa shape index (κ1) is 19.4. The number of anilines is 1. The first-order valence-corrected chi connectivity index (χ1v) is 10.3. The second-order valence-electron chi connectivity index (χ2n) is 7.13. The molecule has 2 saturated heterocycles. The minimum atomic E-state index is -0.273.